The number of rotatable bonds is 2. The Kier molecular flexibility index (Phi) is 3.64. The lowest BCUT2D eigenvalue weighted by molar-refractivity contribution is -0.0165. The maximum absolute atomic E-state index is 6.32. The maximum atomic E-state index is 6.32. The van der Waals surface area contributed by atoms with Crippen molar-refractivity contribution in [3.05, 3.63) is 86.5 Å². The van der Waals surface area contributed by atoms with Crippen LogP contribution in [0.1, 0.15) is 34.7 Å². The highest BCUT2D eigenvalue weighted by atomic mass is 79.9. The molecule has 0 unspecified atom stereocenters. The molecule has 25 heavy (non-hydrogen) atoms. The SMILES string of the molecule is Brc1ccc(C2=NN3[C@H](C2)c2ccccc2O[C@H]3c2cccs2)cc1. The van der Waals surface area contributed by atoms with E-state index in [9.17, 15) is 0 Å². The fourth-order valence-electron chi connectivity index (χ4n) is 3.47. The number of nitrogens with zero attached hydrogens (tertiary/aromatic N) is 2. The van der Waals surface area contributed by atoms with Gasteiger partial charge in [-0.1, -0.05) is 52.3 Å². The van der Waals surface area contributed by atoms with Gasteiger partial charge >= 0.3 is 0 Å². The number of ether oxygens (including phenoxy) is 1. The quantitative estimate of drug-likeness (QED) is 0.536. The van der Waals surface area contributed by atoms with Crippen LogP contribution in [-0.4, -0.2) is 10.7 Å². The van der Waals surface area contributed by atoms with Gasteiger partial charge in [-0.05, 0) is 35.2 Å². The summed E-state index contributed by atoms with van der Waals surface area (Å²) >= 11 is 5.21. The first-order valence-electron chi connectivity index (χ1n) is 8.20. The zero-order valence-corrected chi connectivity index (χ0v) is 15.7. The Hall–Kier alpha value is -2.11. The van der Waals surface area contributed by atoms with E-state index in [1.807, 2.05) is 6.07 Å². The molecule has 1 aromatic heterocycles. The van der Waals surface area contributed by atoms with Crippen LogP contribution in [0.5, 0.6) is 5.75 Å². The van der Waals surface area contributed by atoms with Crippen LogP contribution in [0, 0.1) is 0 Å². The van der Waals surface area contributed by atoms with Crippen LogP contribution >= 0.6 is 27.3 Å². The third kappa shape index (κ3) is 2.58. The lowest BCUT2D eigenvalue weighted by atomic mass is 9.96. The van der Waals surface area contributed by atoms with Gasteiger partial charge in [-0.15, -0.1) is 11.3 Å². The van der Waals surface area contributed by atoms with Crippen molar-refractivity contribution in [2.45, 2.75) is 18.7 Å². The van der Waals surface area contributed by atoms with Crippen molar-refractivity contribution in [3.8, 4) is 5.75 Å². The van der Waals surface area contributed by atoms with Gasteiger partial charge in [0.1, 0.15) is 5.75 Å². The van der Waals surface area contributed by atoms with Gasteiger partial charge in [-0.2, -0.15) is 5.10 Å². The Labute approximate surface area is 158 Å². The molecule has 2 aliphatic heterocycles. The molecule has 0 N–H and O–H groups in total. The summed E-state index contributed by atoms with van der Waals surface area (Å²) in [6.45, 7) is 0. The summed E-state index contributed by atoms with van der Waals surface area (Å²) in [5, 5.41) is 9.18. The zero-order valence-electron chi connectivity index (χ0n) is 13.3. The number of para-hydroxylation sites is 1. The van der Waals surface area contributed by atoms with E-state index in [1.165, 1.54) is 16.0 Å². The van der Waals surface area contributed by atoms with Gasteiger partial charge in [-0.3, -0.25) is 0 Å². The standard InChI is InChI=1S/C20H15BrN2OS/c21-14-9-7-13(8-10-14)16-12-17-15-4-1-2-5-18(15)24-20(23(17)22-16)19-6-3-11-25-19/h1-11,17,20H,12H2/t17-,20+/m1/s1. The molecule has 0 aliphatic carbocycles. The molecular weight excluding hydrogens is 396 g/mol. The molecule has 3 heterocycles. The number of fused-ring (bicyclic) bond motifs is 3. The zero-order chi connectivity index (χ0) is 16.8. The van der Waals surface area contributed by atoms with E-state index in [1.54, 1.807) is 11.3 Å². The van der Waals surface area contributed by atoms with Crippen LogP contribution in [0.2, 0.25) is 0 Å². The van der Waals surface area contributed by atoms with Gasteiger partial charge in [0, 0.05) is 16.5 Å². The minimum Gasteiger partial charge on any atom is -0.464 e. The highest BCUT2D eigenvalue weighted by Crippen LogP contribution is 2.48. The molecule has 0 fully saturated rings. The van der Waals surface area contributed by atoms with Gasteiger partial charge in [0.05, 0.1) is 16.6 Å². The lowest BCUT2D eigenvalue weighted by Gasteiger charge is -2.37. The van der Waals surface area contributed by atoms with E-state index in [4.69, 9.17) is 9.84 Å². The fraction of sp³-hybridized carbons (Fsp3) is 0.150. The molecule has 124 valence electrons. The topological polar surface area (TPSA) is 24.8 Å². The first-order chi connectivity index (χ1) is 12.3. The van der Waals surface area contributed by atoms with E-state index in [0.717, 1.165) is 22.4 Å². The monoisotopic (exact) mass is 410 g/mol. The minimum atomic E-state index is -0.159. The van der Waals surface area contributed by atoms with E-state index in [0.29, 0.717) is 0 Å². The van der Waals surface area contributed by atoms with Crippen molar-refractivity contribution in [2.24, 2.45) is 5.10 Å². The molecule has 2 atom stereocenters. The molecule has 3 nitrogen and oxygen atoms in total. The Bertz CT molecular complexity index is 937. The van der Waals surface area contributed by atoms with Gasteiger partial charge in [0.2, 0.25) is 6.23 Å². The first kappa shape index (κ1) is 15.2. The van der Waals surface area contributed by atoms with Crippen molar-refractivity contribution >= 4 is 33.0 Å². The molecule has 5 heteroatoms. The van der Waals surface area contributed by atoms with Crippen molar-refractivity contribution in [1.82, 2.24) is 5.01 Å². The predicted octanol–water partition coefficient (Wildman–Crippen LogP) is 5.75. The summed E-state index contributed by atoms with van der Waals surface area (Å²) in [7, 11) is 0. The molecule has 0 amide bonds. The molecule has 2 aromatic carbocycles. The van der Waals surface area contributed by atoms with Crippen LogP contribution < -0.4 is 4.74 Å². The molecule has 2 aliphatic rings. The lowest BCUT2D eigenvalue weighted by Crippen LogP contribution is -2.33. The summed E-state index contributed by atoms with van der Waals surface area (Å²) < 4.78 is 7.40. The summed E-state index contributed by atoms with van der Waals surface area (Å²) in [4.78, 5) is 1.18. The van der Waals surface area contributed by atoms with E-state index in [2.05, 4.69) is 80.9 Å². The van der Waals surface area contributed by atoms with Crippen molar-refractivity contribution in [2.75, 3.05) is 0 Å². The Morgan fingerprint density at radius 1 is 1.04 bits per heavy atom. The molecule has 3 aromatic rings. The van der Waals surface area contributed by atoms with Crippen LogP contribution in [0.15, 0.2) is 75.6 Å². The maximum Gasteiger partial charge on any atom is 0.222 e. The predicted molar refractivity (Wildman–Crippen MR) is 104 cm³/mol. The van der Waals surface area contributed by atoms with E-state index < -0.39 is 0 Å². The van der Waals surface area contributed by atoms with Crippen LogP contribution in [-0.2, 0) is 0 Å². The smallest absolute Gasteiger partial charge is 0.222 e. The summed E-state index contributed by atoms with van der Waals surface area (Å²) in [5.41, 5.74) is 3.49. The Morgan fingerprint density at radius 2 is 1.88 bits per heavy atom. The summed E-state index contributed by atoms with van der Waals surface area (Å²) in [6, 6.07) is 21.1. The molecule has 0 saturated heterocycles. The number of hydrazone groups is 1. The van der Waals surface area contributed by atoms with Crippen LogP contribution in [0.25, 0.3) is 0 Å². The first-order valence-corrected chi connectivity index (χ1v) is 9.87. The Morgan fingerprint density at radius 3 is 2.68 bits per heavy atom. The normalized spacial score (nSPS) is 21.3. The Balaban J connectivity index is 1.59. The van der Waals surface area contributed by atoms with Crippen LogP contribution in [0.4, 0.5) is 0 Å². The second-order valence-corrected chi connectivity index (χ2v) is 8.07. The fourth-order valence-corrected chi connectivity index (χ4v) is 4.48. The number of thiophene rings is 1. The third-order valence-corrected chi connectivity index (χ3v) is 6.09. The highest BCUT2D eigenvalue weighted by molar-refractivity contribution is 9.10. The van der Waals surface area contributed by atoms with Gasteiger partial charge < -0.3 is 4.74 Å². The number of hydrogen-bond acceptors (Lipinski definition) is 4. The van der Waals surface area contributed by atoms with Crippen LogP contribution in [0.3, 0.4) is 0 Å². The second-order valence-electron chi connectivity index (χ2n) is 6.18. The van der Waals surface area contributed by atoms with Crippen molar-refractivity contribution in [1.29, 1.82) is 0 Å². The van der Waals surface area contributed by atoms with E-state index in [-0.39, 0.29) is 12.3 Å². The van der Waals surface area contributed by atoms with Gasteiger partial charge in [0.15, 0.2) is 0 Å². The molecule has 0 saturated carbocycles. The molecule has 0 radical (unpaired) electrons. The summed E-state index contributed by atoms with van der Waals surface area (Å²) in [6.07, 6.45) is 0.733. The van der Waals surface area contributed by atoms with E-state index >= 15 is 0 Å². The van der Waals surface area contributed by atoms with Gasteiger partial charge in [0.25, 0.3) is 0 Å². The number of halogens is 1. The number of benzene rings is 2. The molecule has 5 rings (SSSR count). The minimum absolute atomic E-state index is 0.159. The largest absolute Gasteiger partial charge is 0.464 e. The van der Waals surface area contributed by atoms with Crippen molar-refractivity contribution in [3.63, 3.8) is 0 Å². The molecule has 0 spiro atoms. The third-order valence-electron chi connectivity index (χ3n) is 4.66. The second kappa shape index (κ2) is 6.00. The van der Waals surface area contributed by atoms with Gasteiger partial charge in [-0.25, -0.2) is 5.01 Å². The molecular formula is C20H15BrN2OS. The average Bonchev–Trinajstić information content (AvgIpc) is 3.32. The molecule has 0 bridgehead atoms. The average molecular weight is 411 g/mol. The number of hydrogen-bond donors (Lipinski definition) is 0. The highest BCUT2D eigenvalue weighted by Gasteiger charge is 2.41. The summed E-state index contributed by atoms with van der Waals surface area (Å²) in [5.74, 6) is 0.967. The van der Waals surface area contributed by atoms with Crippen molar-refractivity contribution < 1.29 is 4.74 Å².